The molecule has 0 radical (unpaired) electrons. The number of anilines is 1. The van der Waals surface area contributed by atoms with Crippen molar-refractivity contribution in [3.05, 3.63) is 78.3 Å². The van der Waals surface area contributed by atoms with Gasteiger partial charge in [0.2, 0.25) is 11.1 Å². The molecule has 2 aromatic carbocycles. The van der Waals surface area contributed by atoms with Crippen molar-refractivity contribution in [2.45, 2.75) is 30.9 Å². The van der Waals surface area contributed by atoms with Crippen molar-refractivity contribution in [3.8, 4) is 17.1 Å². The van der Waals surface area contributed by atoms with E-state index < -0.39 is 5.25 Å². The highest BCUT2D eigenvalue weighted by Crippen LogP contribution is 2.27. The third-order valence-electron chi connectivity index (χ3n) is 4.79. The van der Waals surface area contributed by atoms with Crippen LogP contribution in [0.15, 0.2) is 76.5 Å². The van der Waals surface area contributed by atoms with Gasteiger partial charge in [-0.1, -0.05) is 42.1 Å². The first-order chi connectivity index (χ1) is 15.5. The van der Waals surface area contributed by atoms with Crippen molar-refractivity contribution in [2.75, 3.05) is 11.2 Å². The Morgan fingerprint density at radius 1 is 1.16 bits per heavy atom. The normalized spacial score (nSPS) is 11.8. The molecule has 0 aliphatic carbocycles. The van der Waals surface area contributed by atoms with Crippen LogP contribution >= 0.6 is 11.8 Å². The lowest BCUT2D eigenvalue weighted by atomic mass is 10.2. The minimum absolute atomic E-state index is 0.169. The van der Waals surface area contributed by atoms with Gasteiger partial charge in [-0.25, -0.2) is 4.68 Å². The van der Waals surface area contributed by atoms with E-state index in [-0.39, 0.29) is 5.91 Å². The van der Waals surface area contributed by atoms with E-state index in [0.29, 0.717) is 29.0 Å². The Morgan fingerprint density at radius 2 is 1.91 bits per heavy atom. The molecule has 0 saturated carbocycles. The summed E-state index contributed by atoms with van der Waals surface area (Å²) in [6.45, 7) is 4.10. The second kappa shape index (κ2) is 9.61. The largest absolute Gasteiger partial charge is 0.489 e. The SMILES string of the molecule is Cc1occc1-c1nnc(SC(C)C(=O)Nc2ccc(OCc3ccccc3)cc2)n1N. The molecule has 2 aromatic heterocycles. The molecular weight excluding hydrogens is 426 g/mol. The Balaban J connectivity index is 1.33. The monoisotopic (exact) mass is 449 g/mol. The van der Waals surface area contributed by atoms with Gasteiger partial charge in [-0.15, -0.1) is 10.2 Å². The summed E-state index contributed by atoms with van der Waals surface area (Å²) >= 11 is 1.23. The van der Waals surface area contributed by atoms with E-state index in [0.717, 1.165) is 16.9 Å². The van der Waals surface area contributed by atoms with Gasteiger partial charge in [-0.3, -0.25) is 4.79 Å². The van der Waals surface area contributed by atoms with E-state index in [1.54, 1.807) is 31.4 Å². The number of nitrogens with zero attached hydrogens (tertiary/aromatic N) is 3. The molecule has 0 saturated heterocycles. The number of nitrogens with one attached hydrogen (secondary N) is 1. The molecule has 164 valence electrons. The predicted molar refractivity (Wildman–Crippen MR) is 124 cm³/mol. The zero-order valence-electron chi connectivity index (χ0n) is 17.7. The molecule has 4 rings (SSSR count). The van der Waals surface area contributed by atoms with Crippen LogP contribution in [-0.4, -0.2) is 26.0 Å². The molecule has 32 heavy (non-hydrogen) atoms. The van der Waals surface area contributed by atoms with E-state index in [2.05, 4.69) is 15.5 Å². The minimum Gasteiger partial charge on any atom is -0.489 e. The standard InChI is InChI=1S/C23H23N5O3S/c1-15-20(12-13-30-15)21-26-27-23(28(21)24)32-16(2)22(29)25-18-8-10-19(11-9-18)31-14-17-6-4-3-5-7-17/h3-13,16H,14,24H2,1-2H3,(H,25,29). The van der Waals surface area contributed by atoms with Crippen molar-refractivity contribution in [3.63, 3.8) is 0 Å². The molecule has 1 atom stereocenters. The van der Waals surface area contributed by atoms with Crippen LogP contribution in [-0.2, 0) is 11.4 Å². The Kier molecular flexibility index (Phi) is 6.46. The molecule has 0 aliphatic rings. The fourth-order valence-electron chi connectivity index (χ4n) is 2.99. The van der Waals surface area contributed by atoms with Crippen LogP contribution in [0, 0.1) is 6.92 Å². The summed E-state index contributed by atoms with van der Waals surface area (Å²) in [5.41, 5.74) is 2.53. The first kappa shape index (κ1) is 21.5. The van der Waals surface area contributed by atoms with Gasteiger partial charge in [-0.2, -0.15) is 0 Å². The van der Waals surface area contributed by atoms with E-state index in [1.165, 1.54) is 16.4 Å². The van der Waals surface area contributed by atoms with Gasteiger partial charge in [0.05, 0.1) is 17.1 Å². The lowest BCUT2D eigenvalue weighted by molar-refractivity contribution is -0.115. The van der Waals surface area contributed by atoms with Crippen LogP contribution < -0.4 is 15.9 Å². The minimum atomic E-state index is -0.436. The van der Waals surface area contributed by atoms with Crippen molar-refractivity contribution in [1.29, 1.82) is 0 Å². The van der Waals surface area contributed by atoms with Crippen LogP contribution in [0.2, 0.25) is 0 Å². The quantitative estimate of drug-likeness (QED) is 0.306. The third kappa shape index (κ3) is 4.94. The Bertz CT molecular complexity index is 1190. The molecule has 1 unspecified atom stereocenters. The maximum absolute atomic E-state index is 12.6. The first-order valence-corrected chi connectivity index (χ1v) is 10.9. The fourth-order valence-corrected chi connectivity index (χ4v) is 3.76. The van der Waals surface area contributed by atoms with E-state index in [1.807, 2.05) is 49.4 Å². The predicted octanol–water partition coefficient (Wildman–Crippen LogP) is 4.26. The highest BCUT2D eigenvalue weighted by molar-refractivity contribution is 8.00. The highest BCUT2D eigenvalue weighted by Gasteiger charge is 2.21. The van der Waals surface area contributed by atoms with Gasteiger partial charge in [0.1, 0.15) is 18.1 Å². The number of carbonyl (C=O) groups excluding carboxylic acids is 1. The van der Waals surface area contributed by atoms with Crippen molar-refractivity contribution in [1.82, 2.24) is 14.9 Å². The summed E-state index contributed by atoms with van der Waals surface area (Å²) in [5, 5.41) is 11.1. The fraction of sp³-hybridized carbons (Fsp3) is 0.174. The summed E-state index contributed by atoms with van der Waals surface area (Å²) in [6, 6.07) is 19.0. The van der Waals surface area contributed by atoms with Crippen molar-refractivity contribution in [2.24, 2.45) is 0 Å². The van der Waals surface area contributed by atoms with Gasteiger partial charge in [-0.05, 0) is 49.7 Å². The van der Waals surface area contributed by atoms with Crippen LogP contribution in [0.3, 0.4) is 0 Å². The number of furan rings is 1. The number of thioether (sulfide) groups is 1. The zero-order chi connectivity index (χ0) is 22.5. The number of carbonyl (C=O) groups is 1. The maximum Gasteiger partial charge on any atom is 0.237 e. The number of nitrogens with two attached hydrogens (primary N) is 1. The molecule has 0 bridgehead atoms. The lowest BCUT2D eigenvalue weighted by Gasteiger charge is -2.12. The molecule has 0 aliphatic heterocycles. The summed E-state index contributed by atoms with van der Waals surface area (Å²) in [4.78, 5) is 12.6. The molecule has 4 aromatic rings. The number of nitrogen functional groups attached to an aromatic ring is 1. The number of hydrogen-bond donors (Lipinski definition) is 2. The van der Waals surface area contributed by atoms with Gasteiger partial charge in [0.15, 0.2) is 5.82 Å². The summed E-state index contributed by atoms with van der Waals surface area (Å²) in [7, 11) is 0. The Morgan fingerprint density at radius 3 is 2.59 bits per heavy atom. The average Bonchev–Trinajstić information content (AvgIpc) is 3.39. The van der Waals surface area contributed by atoms with Gasteiger partial charge < -0.3 is 20.3 Å². The smallest absolute Gasteiger partial charge is 0.237 e. The number of ether oxygens (including phenoxy) is 1. The third-order valence-corrected chi connectivity index (χ3v) is 5.84. The summed E-state index contributed by atoms with van der Waals surface area (Å²) in [5.74, 6) is 7.88. The number of hydrogen-bond acceptors (Lipinski definition) is 7. The Labute approximate surface area is 189 Å². The average molecular weight is 450 g/mol. The molecule has 0 fully saturated rings. The van der Waals surface area contributed by atoms with Crippen LogP contribution in [0.5, 0.6) is 5.75 Å². The van der Waals surface area contributed by atoms with Crippen LogP contribution in [0.4, 0.5) is 5.69 Å². The second-order valence-electron chi connectivity index (χ2n) is 7.11. The van der Waals surface area contributed by atoms with E-state index in [9.17, 15) is 4.79 Å². The van der Waals surface area contributed by atoms with Crippen LogP contribution in [0.25, 0.3) is 11.4 Å². The maximum atomic E-state index is 12.6. The molecule has 3 N–H and O–H groups in total. The second-order valence-corrected chi connectivity index (χ2v) is 8.42. The molecule has 2 heterocycles. The highest BCUT2D eigenvalue weighted by atomic mass is 32.2. The summed E-state index contributed by atoms with van der Waals surface area (Å²) in [6.07, 6.45) is 1.57. The number of aromatic nitrogens is 3. The zero-order valence-corrected chi connectivity index (χ0v) is 18.5. The van der Waals surface area contributed by atoms with Gasteiger partial charge in [0, 0.05) is 5.69 Å². The van der Waals surface area contributed by atoms with Gasteiger partial charge >= 0.3 is 0 Å². The molecule has 8 nitrogen and oxygen atoms in total. The number of aryl methyl sites for hydroxylation is 1. The van der Waals surface area contributed by atoms with E-state index >= 15 is 0 Å². The van der Waals surface area contributed by atoms with Crippen molar-refractivity contribution >= 4 is 23.4 Å². The van der Waals surface area contributed by atoms with Gasteiger partial charge in [0.25, 0.3) is 0 Å². The number of rotatable bonds is 8. The topological polar surface area (TPSA) is 108 Å². The lowest BCUT2D eigenvalue weighted by Crippen LogP contribution is -2.23. The molecule has 9 heteroatoms. The number of benzene rings is 2. The summed E-state index contributed by atoms with van der Waals surface area (Å²) < 4.78 is 12.4. The van der Waals surface area contributed by atoms with Crippen LogP contribution in [0.1, 0.15) is 18.2 Å². The molecular formula is C23H23N5O3S. The molecule has 0 spiro atoms. The van der Waals surface area contributed by atoms with E-state index in [4.69, 9.17) is 15.0 Å². The number of amides is 1. The molecule has 1 amide bonds. The Hall–Kier alpha value is -3.72. The van der Waals surface area contributed by atoms with Crippen molar-refractivity contribution < 1.29 is 13.9 Å². The first-order valence-electron chi connectivity index (χ1n) is 10.0.